The van der Waals surface area contributed by atoms with Crippen LogP contribution in [0.15, 0.2) is 65.9 Å². The van der Waals surface area contributed by atoms with E-state index < -0.39 is 0 Å². The van der Waals surface area contributed by atoms with Crippen LogP contribution < -0.4 is 5.32 Å². The van der Waals surface area contributed by atoms with Crippen molar-refractivity contribution in [2.45, 2.75) is 26.7 Å². The summed E-state index contributed by atoms with van der Waals surface area (Å²) < 4.78 is 7.30. The Kier molecular flexibility index (Phi) is 4.97. The van der Waals surface area contributed by atoms with Gasteiger partial charge in [0.25, 0.3) is 0 Å². The van der Waals surface area contributed by atoms with E-state index in [1.54, 1.807) is 0 Å². The van der Waals surface area contributed by atoms with Gasteiger partial charge >= 0.3 is 5.97 Å². The van der Waals surface area contributed by atoms with Crippen LogP contribution >= 0.6 is 0 Å². The number of anilines is 1. The van der Waals surface area contributed by atoms with Crippen molar-refractivity contribution < 1.29 is 9.53 Å². The number of nitrogens with zero attached hydrogens (tertiary/aromatic N) is 2. The van der Waals surface area contributed by atoms with Crippen molar-refractivity contribution in [2.75, 3.05) is 11.9 Å². The molecule has 0 fully saturated rings. The largest absolute Gasteiger partial charge is 0.463 e. The van der Waals surface area contributed by atoms with Crippen LogP contribution in [0.1, 0.15) is 36.5 Å². The van der Waals surface area contributed by atoms with Crippen LogP contribution in [0.25, 0.3) is 11.3 Å². The van der Waals surface area contributed by atoms with Gasteiger partial charge < -0.3 is 10.1 Å². The zero-order valence-corrected chi connectivity index (χ0v) is 17.2. The number of allylic oxidation sites excluding steroid dienone is 1. The minimum atomic E-state index is -0.292. The Morgan fingerprint density at radius 3 is 2.48 bits per heavy atom. The highest BCUT2D eigenvalue weighted by Crippen LogP contribution is 2.47. The fourth-order valence-corrected chi connectivity index (χ4v) is 4.08. The third-order valence-corrected chi connectivity index (χ3v) is 5.41. The molecule has 1 atom stereocenters. The second-order valence-corrected chi connectivity index (χ2v) is 7.27. The molecule has 1 unspecified atom stereocenters. The zero-order chi connectivity index (χ0) is 20.5. The van der Waals surface area contributed by atoms with E-state index in [-0.39, 0.29) is 11.9 Å². The van der Waals surface area contributed by atoms with Gasteiger partial charge in [0.1, 0.15) is 5.82 Å². The van der Waals surface area contributed by atoms with Crippen molar-refractivity contribution in [3.05, 3.63) is 82.6 Å². The number of aryl methyl sites for hydroxylation is 2. The quantitative estimate of drug-likeness (QED) is 0.654. The molecule has 1 N–H and O–H groups in total. The van der Waals surface area contributed by atoms with E-state index in [0.717, 1.165) is 39.5 Å². The Morgan fingerprint density at radius 2 is 1.79 bits per heavy atom. The fourth-order valence-electron chi connectivity index (χ4n) is 4.08. The number of aromatic nitrogens is 2. The highest BCUT2D eigenvalue weighted by Gasteiger charge is 2.38. The van der Waals surface area contributed by atoms with Crippen molar-refractivity contribution in [1.29, 1.82) is 0 Å². The molecule has 5 nitrogen and oxygen atoms in total. The van der Waals surface area contributed by atoms with Crippen molar-refractivity contribution in [1.82, 2.24) is 9.78 Å². The maximum Gasteiger partial charge on any atom is 0.336 e. The molecule has 0 saturated heterocycles. The lowest BCUT2D eigenvalue weighted by atomic mass is 9.79. The Balaban J connectivity index is 2.01. The lowest BCUT2D eigenvalue weighted by Gasteiger charge is -2.29. The summed E-state index contributed by atoms with van der Waals surface area (Å²) in [5.74, 6) is 0.359. The molecule has 4 rings (SSSR count). The van der Waals surface area contributed by atoms with Crippen LogP contribution in [0.5, 0.6) is 0 Å². The summed E-state index contributed by atoms with van der Waals surface area (Å²) in [7, 11) is 1.93. The van der Waals surface area contributed by atoms with Gasteiger partial charge in [-0.05, 0) is 31.9 Å². The third kappa shape index (κ3) is 3.23. The molecule has 5 heteroatoms. The van der Waals surface area contributed by atoms with E-state index in [4.69, 9.17) is 9.84 Å². The minimum absolute atomic E-state index is 0.254. The monoisotopic (exact) mass is 387 g/mol. The normalized spacial score (nSPS) is 15.7. The molecule has 2 heterocycles. The second kappa shape index (κ2) is 7.59. The molecule has 0 saturated carbocycles. The summed E-state index contributed by atoms with van der Waals surface area (Å²) in [4.78, 5) is 13.0. The number of esters is 1. The van der Waals surface area contributed by atoms with Crippen molar-refractivity contribution in [3.63, 3.8) is 0 Å². The predicted octanol–water partition coefficient (Wildman–Crippen LogP) is 4.79. The van der Waals surface area contributed by atoms with Gasteiger partial charge in [-0.1, -0.05) is 54.6 Å². The number of ether oxygens (including phenoxy) is 1. The van der Waals surface area contributed by atoms with Gasteiger partial charge in [0.05, 0.1) is 17.9 Å². The first kappa shape index (κ1) is 19.0. The predicted molar refractivity (Wildman–Crippen MR) is 115 cm³/mol. The first-order valence-electron chi connectivity index (χ1n) is 9.85. The summed E-state index contributed by atoms with van der Waals surface area (Å²) in [5.41, 5.74) is 6.54. The molecule has 2 aromatic carbocycles. The summed E-state index contributed by atoms with van der Waals surface area (Å²) in [5, 5.41) is 8.22. The summed E-state index contributed by atoms with van der Waals surface area (Å²) in [6.07, 6.45) is 0. The molecular weight excluding hydrogens is 362 g/mol. The molecule has 1 aliphatic heterocycles. The van der Waals surface area contributed by atoms with Crippen molar-refractivity contribution in [3.8, 4) is 11.3 Å². The molecule has 0 radical (unpaired) electrons. The molecule has 0 spiro atoms. The molecular formula is C24H25N3O2. The molecule has 3 aromatic rings. The van der Waals surface area contributed by atoms with Gasteiger partial charge in [0, 0.05) is 29.8 Å². The smallest absolute Gasteiger partial charge is 0.336 e. The first-order valence-corrected chi connectivity index (χ1v) is 9.85. The molecule has 1 aliphatic rings. The number of hydrogen-bond donors (Lipinski definition) is 1. The van der Waals surface area contributed by atoms with E-state index in [1.165, 1.54) is 0 Å². The lowest BCUT2D eigenvalue weighted by molar-refractivity contribution is -0.138. The highest BCUT2D eigenvalue weighted by molar-refractivity contribution is 5.96. The number of fused-ring (bicyclic) bond motifs is 1. The summed E-state index contributed by atoms with van der Waals surface area (Å²) in [6, 6.07) is 18.3. The number of rotatable bonds is 4. The molecule has 148 valence electrons. The van der Waals surface area contributed by atoms with Gasteiger partial charge in [-0.15, -0.1) is 0 Å². The molecule has 0 bridgehead atoms. The van der Waals surface area contributed by atoms with Crippen molar-refractivity contribution >= 4 is 11.8 Å². The minimum Gasteiger partial charge on any atom is -0.463 e. The van der Waals surface area contributed by atoms with Gasteiger partial charge in [-0.25, -0.2) is 4.79 Å². The van der Waals surface area contributed by atoms with Gasteiger partial charge in [0.2, 0.25) is 0 Å². The fraction of sp³-hybridized carbons (Fsp3) is 0.250. The number of carbonyl (C=O) groups is 1. The maximum atomic E-state index is 13.0. The summed E-state index contributed by atoms with van der Waals surface area (Å²) in [6.45, 7) is 6.17. The molecule has 0 amide bonds. The van der Waals surface area contributed by atoms with Crippen LogP contribution in [-0.4, -0.2) is 22.4 Å². The number of carbonyl (C=O) groups excluding carboxylic acids is 1. The second-order valence-electron chi connectivity index (χ2n) is 7.27. The van der Waals surface area contributed by atoms with E-state index in [2.05, 4.69) is 24.4 Å². The van der Waals surface area contributed by atoms with Gasteiger partial charge in [-0.3, -0.25) is 4.68 Å². The van der Waals surface area contributed by atoms with E-state index in [9.17, 15) is 4.79 Å². The van der Waals surface area contributed by atoms with E-state index in [0.29, 0.717) is 12.2 Å². The van der Waals surface area contributed by atoms with Crippen LogP contribution in [0.2, 0.25) is 0 Å². The number of hydrogen-bond acceptors (Lipinski definition) is 4. The first-order chi connectivity index (χ1) is 14.0. The Morgan fingerprint density at radius 1 is 1.10 bits per heavy atom. The average Bonchev–Trinajstić information content (AvgIpc) is 3.04. The molecule has 29 heavy (non-hydrogen) atoms. The van der Waals surface area contributed by atoms with Gasteiger partial charge in [-0.2, -0.15) is 5.10 Å². The lowest BCUT2D eigenvalue weighted by Crippen LogP contribution is -2.25. The van der Waals surface area contributed by atoms with Gasteiger partial charge in [0.15, 0.2) is 0 Å². The SMILES string of the molecule is CCOC(=O)C1=C(C)Nc2c(c(-c3ccccc3)nn2C)C1c1ccccc1C. The van der Waals surface area contributed by atoms with Crippen molar-refractivity contribution in [2.24, 2.45) is 7.05 Å². The highest BCUT2D eigenvalue weighted by atomic mass is 16.5. The third-order valence-electron chi connectivity index (χ3n) is 5.41. The Hall–Kier alpha value is -3.34. The zero-order valence-electron chi connectivity index (χ0n) is 17.2. The van der Waals surface area contributed by atoms with Crippen LogP contribution in [-0.2, 0) is 16.6 Å². The standard InChI is InChI=1S/C24H25N3O2/c1-5-29-24(28)19-16(3)25-23-21(20(19)18-14-10-9-11-15(18)2)22(26-27(23)4)17-12-7-6-8-13-17/h6-14,20,25H,5H2,1-4H3. The number of benzene rings is 2. The van der Waals surface area contributed by atoms with Crippen LogP contribution in [0.4, 0.5) is 5.82 Å². The maximum absolute atomic E-state index is 13.0. The van der Waals surface area contributed by atoms with E-state index >= 15 is 0 Å². The average molecular weight is 387 g/mol. The molecule has 0 aliphatic carbocycles. The Labute approximate surface area is 171 Å². The van der Waals surface area contributed by atoms with E-state index in [1.807, 2.05) is 68.0 Å². The molecule has 1 aromatic heterocycles. The van der Waals surface area contributed by atoms with Crippen LogP contribution in [0, 0.1) is 6.92 Å². The Bertz CT molecular complexity index is 1100. The van der Waals surface area contributed by atoms with Crippen LogP contribution in [0.3, 0.4) is 0 Å². The summed E-state index contributed by atoms with van der Waals surface area (Å²) >= 11 is 0. The number of nitrogens with one attached hydrogen (secondary N) is 1. The topological polar surface area (TPSA) is 56.1 Å².